The second kappa shape index (κ2) is 6.34. The van der Waals surface area contributed by atoms with E-state index in [0.717, 1.165) is 58.7 Å². The normalized spacial score (nSPS) is 32.2. The van der Waals surface area contributed by atoms with Gasteiger partial charge in [-0.15, -0.1) is 0 Å². The first kappa shape index (κ1) is 12.8. The molecular weight excluding hydrogens is 214 g/mol. The van der Waals surface area contributed by atoms with Crippen LogP contribution in [-0.2, 0) is 4.74 Å². The molecule has 2 atom stereocenters. The average Bonchev–Trinajstić information content (AvgIpc) is 2.39. The summed E-state index contributed by atoms with van der Waals surface area (Å²) in [6.07, 6.45) is 2.56. The van der Waals surface area contributed by atoms with E-state index >= 15 is 0 Å². The molecule has 17 heavy (non-hydrogen) atoms. The molecule has 0 aromatic heterocycles. The first-order valence-electron chi connectivity index (χ1n) is 6.77. The minimum Gasteiger partial charge on any atom is -0.374 e. The van der Waals surface area contributed by atoms with Crippen LogP contribution in [0.25, 0.3) is 0 Å². The van der Waals surface area contributed by atoms with Gasteiger partial charge in [0.2, 0.25) is 0 Å². The number of likely N-dealkylation sites (N-methyl/N-ethyl adjacent to an activating group) is 1. The summed E-state index contributed by atoms with van der Waals surface area (Å²) in [6, 6.07) is 2.40. The molecule has 0 spiro atoms. The molecule has 0 amide bonds. The van der Waals surface area contributed by atoms with Gasteiger partial charge in [-0.3, -0.25) is 9.80 Å². The first-order chi connectivity index (χ1) is 8.31. The molecule has 2 rings (SSSR count). The Morgan fingerprint density at radius 2 is 2.18 bits per heavy atom. The maximum absolute atomic E-state index is 8.98. The van der Waals surface area contributed by atoms with Gasteiger partial charge in [0.1, 0.15) is 0 Å². The van der Waals surface area contributed by atoms with Crippen molar-refractivity contribution in [2.75, 3.05) is 45.9 Å². The van der Waals surface area contributed by atoms with Crippen LogP contribution in [0.2, 0.25) is 0 Å². The van der Waals surface area contributed by atoms with Crippen LogP contribution in [0.15, 0.2) is 0 Å². The lowest BCUT2D eigenvalue weighted by Crippen LogP contribution is -2.49. The third-order valence-corrected chi connectivity index (χ3v) is 3.82. The Morgan fingerprint density at radius 1 is 1.29 bits per heavy atom. The Bertz CT molecular complexity index is 276. The molecule has 0 aromatic rings. The molecule has 0 aromatic carbocycles. The molecule has 2 fully saturated rings. The molecule has 4 heteroatoms. The van der Waals surface area contributed by atoms with Crippen molar-refractivity contribution in [2.24, 2.45) is 5.92 Å². The van der Waals surface area contributed by atoms with Gasteiger partial charge in [0, 0.05) is 26.2 Å². The van der Waals surface area contributed by atoms with Crippen LogP contribution in [0.3, 0.4) is 0 Å². The van der Waals surface area contributed by atoms with Crippen molar-refractivity contribution in [1.82, 2.24) is 9.80 Å². The molecule has 2 saturated heterocycles. The molecule has 0 aliphatic carbocycles. The Balaban J connectivity index is 1.78. The molecule has 96 valence electrons. The predicted molar refractivity (Wildman–Crippen MR) is 66.6 cm³/mol. The van der Waals surface area contributed by atoms with Crippen molar-refractivity contribution < 1.29 is 4.74 Å². The third kappa shape index (κ3) is 3.67. The van der Waals surface area contributed by atoms with Gasteiger partial charge < -0.3 is 4.74 Å². The molecule has 0 bridgehead atoms. The van der Waals surface area contributed by atoms with E-state index in [4.69, 9.17) is 10.00 Å². The van der Waals surface area contributed by atoms with Crippen LogP contribution < -0.4 is 0 Å². The summed E-state index contributed by atoms with van der Waals surface area (Å²) in [5.41, 5.74) is 0. The minimum absolute atomic E-state index is 0.231. The van der Waals surface area contributed by atoms with Crippen LogP contribution >= 0.6 is 0 Å². The monoisotopic (exact) mass is 237 g/mol. The van der Waals surface area contributed by atoms with Crippen LogP contribution in [0.1, 0.15) is 19.8 Å². The number of nitriles is 1. The lowest BCUT2D eigenvalue weighted by Gasteiger charge is -2.37. The first-order valence-corrected chi connectivity index (χ1v) is 6.77. The number of hydrogen-bond acceptors (Lipinski definition) is 4. The van der Waals surface area contributed by atoms with Gasteiger partial charge in [-0.05, 0) is 25.9 Å². The zero-order valence-electron chi connectivity index (χ0n) is 10.8. The Hall–Kier alpha value is -0.630. The summed E-state index contributed by atoms with van der Waals surface area (Å²) < 4.78 is 5.82. The summed E-state index contributed by atoms with van der Waals surface area (Å²) >= 11 is 0. The average molecular weight is 237 g/mol. The summed E-state index contributed by atoms with van der Waals surface area (Å²) in [7, 11) is 0. The van der Waals surface area contributed by atoms with Gasteiger partial charge in [0.15, 0.2) is 0 Å². The van der Waals surface area contributed by atoms with Crippen LogP contribution in [-0.4, -0.2) is 61.8 Å². The number of morpholine rings is 1. The predicted octanol–water partition coefficient (Wildman–Crippen LogP) is 0.943. The zero-order chi connectivity index (χ0) is 12.1. The van der Waals surface area contributed by atoms with Crippen molar-refractivity contribution in [3.8, 4) is 6.07 Å². The molecule has 2 unspecified atom stereocenters. The molecule has 2 heterocycles. The highest BCUT2D eigenvalue weighted by Gasteiger charge is 2.25. The minimum atomic E-state index is 0.231. The molecule has 0 radical (unpaired) electrons. The Kier molecular flexibility index (Phi) is 4.78. The topological polar surface area (TPSA) is 39.5 Å². The fourth-order valence-electron chi connectivity index (χ4n) is 2.79. The van der Waals surface area contributed by atoms with E-state index in [1.807, 2.05) is 0 Å². The van der Waals surface area contributed by atoms with Gasteiger partial charge in [-0.2, -0.15) is 5.26 Å². The molecule has 2 aliphatic rings. The number of likely N-dealkylation sites (tertiary alicyclic amines) is 1. The van der Waals surface area contributed by atoms with E-state index < -0.39 is 0 Å². The molecule has 2 aliphatic heterocycles. The van der Waals surface area contributed by atoms with Gasteiger partial charge in [-0.25, -0.2) is 0 Å². The van der Waals surface area contributed by atoms with Crippen molar-refractivity contribution in [2.45, 2.75) is 25.9 Å². The zero-order valence-corrected chi connectivity index (χ0v) is 10.8. The SMILES string of the molecule is CCN1CCOC(CN2CCCC(C#N)C2)C1. The van der Waals surface area contributed by atoms with Crippen molar-refractivity contribution in [3.05, 3.63) is 0 Å². The van der Waals surface area contributed by atoms with Gasteiger partial charge >= 0.3 is 0 Å². The second-order valence-electron chi connectivity index (χ2n) is 5.11. The molecule has 0 saturated carbocycles. The summed E-state index contributed by atoms with van der Waals surface area (Å²) in [4.78, 5) is 4.85. The third-order valence-electron chi connectivity index (χ3n) is 3.82. The smallest absolute Gasteiger partial charge is 0.0829 e. The summed E-state index contributed by atoms with van der Waals surface area (Å²) in [6.45, 7) is 9.34. The lowest BCUT2D eigenvalue weighted by molar-refractivity contribution is -0.0450. The fraction of sp³-hybridized carbons (Fsp3) is 0.923. The van der Waals surface area contributed by atoms with Crippen molar-refractivity contribution in [1.29, 1.82) is 5.26 Å². The Morgan fingerprint density at radius 3 is 2.94 bits per heavy atom. The van der Waals surface area contributed by atoms with E-state index in [-0.39, 0.29) is 5.92 Å². The summed E-state index contributed by atoms with van der Waals surface area (Å²) in [5.74, 6) is 0.231. The van der Waals surface area contributed by atoms with E-state index in [1.165, 1.54) is 0 Å². The number of rotatable bonds is 3. The highest BCUT2D eigenvalue weighted by molar-refractivity contribution is 4.89. The maximum atomic E-state index is 8.98. The second-order valence-corrected chi connectivity index (χ2v) is 5.11. The number of hydrogen-bond donors (Lipinski definition) is 0. The maximum Gasteiger partial charge on any atom is 0.0829 e. The van der Waals surface area contributed by atoms with Crippen LogP contribution in [0.5, 0.6) is 0 Å². The highest BCUT2D eigenvalue weighted by Crippen LogP contribution is 2.17. The standard InChI is InChI=1S/C13H23N3O/c1-2-15-6-7-17-13(10-15)11-16-5-3-4-12(8-14)9-16/h12-13H,2-7,9-11H2,1H3. The molecule has 4 nitrogen and oxygen atoms in total. The Labute approximate surface area is 104 Å². The lowest BCUT2D eigenvalue weighted by atomic mass is 9.99. The number of ether oxygens (including phenoxy) is 1. The summed E-state index contributed by atoms with van der Waals surface area (Å²) in [5, 5.41) is 8.98. The van der Waals surface area contributed by atoms with Gasteiger partial charge in [0.05, 0.1) is 24.7 Å². The largest absolute Gasteiger partial charge is 0.374 e. The fourth-order valence-corrected chi connectivity index (χ4v) is 2.79. The quantitative estimate of drug-likeness (QED) is 0.732. The van der Waals surface area contributed by atoms with Crippen molar-refractivity contribution >= 4 is 0 Å². The highest BCUT2D eigenvalue weighted by atomic mass is 16.5. The molecular formula is C13H23N3O. The number of piperidine rings is 1. The van der Waals surface area contributed by atoms with Crippen molar-refractivity contribution in [3.63, 3.8) is 0 Å². The van der Waals surface area contributed by atoms with Crippen LogP contribution in [0, 0.1) is 17.2 Å². The number of nitrogens with zero attached hydrogens (tertiary/aromatic N) is 3. The van der Waals surface area contributed by atoms with E-state index in [2.05, 4.69) is 22.8 Å². The van der Waals surface area contributed by atoms with E-state index in [0.29, 0.717) is 6.10 Å². The van der Waals surface area contributed by atoms with E-state index in [1.54, 1.807) is 0 Å². The molecule has 0 N–H and O–H groups in total. The van der Waals surface area contributed by atoms with Gasteiger partial charge in [0.25, 0.3) is 0 Å². The van der Waals surface area contributed by atoms with Gasteiger partial charge in [-0.1, -0.05) is 6.92 Å². The van der Waals surface area contributed by atoms with Crippen LogP contribution in [0.4, 0.5) is 0 Å². The van der Waals surface area contributed by atoms with E-state index in [9.17, 15) is 0 Å².